The summed E-state index contributed by atoms with van der Waals surface area (Å²) >= 11 is 1.71. The van der Waals surface area contributed by atoms with Crippen molar-refractivity contribution >= 4 is 33.1 Å². The minimum absolute atomic E-state index is 0.0161. The van der Waals surface area contributed by atoms with Crippen LogP contribution in [0, 0.1) is 13.8 Å². The molecule has 1 unspecified atom stereocenters. The summed E-state index contributed by atoms with van der Waals surface area (Å²) in [6, 6.07) is 11.9. The van der Waals surface area contributed by atoms with E-state index in [0.29, 0.717) is 13.1 Å². The number of carbonyl (C=O) groups is 1. The molecule has 0 aliphatic carbocycles. The number of amides is 1. The van der Waals surface area contributed by atoms with E-state index in [4.69, 9.17) is 4.74 Å². The monoisotopic (exact) mass is 482 g/mol. The molecule has 0 bridgehead atoms. The summed E-state index contributed by atoms with van der Waals surface area (Å²) in [6.07, 6.45) is 0.356. The number of aliphatic hydroxyl groups excluding tert-OH is 1. The number of nitrogens with zero attached hydrogens (tertiary/aromatic N) is 3. The number of piperazine rings is 1. The maximum absolute atomic E-state index is 12.5. The average molecular weight is 483 g/mol. The van der Waals surface area contributed by atoms with Gasteiger partial charge in [-0.3, -0.25) is 14.6 Å². The fraction of sp³-hybridized carbons (Fsp3) is 0.462. The number of aliphatic hydroxyl groups is 1. The highest BCUT2D eigenvalue weighted by molar-refractivity contribution is 7.18. The van der Waals surface area contributed by atoms with Crippen LogP contribution in [0.15, 0.2) is 36.4 Å². The molecule has 3 aromatic rings. The van der Waals surface area contributed by atoms with Crippen LogP contribution in [0.1, 0.15) is 23.1 Å². The maximum Gasteiger partial charge on any atom is 0.238 e. The normalized spacial score (nSPS) is 16.0. The molecule has 1 atom stereocenters. The minimum Gasteiger partial charge on any atom is -0.491 e. The number of fused-ring (bicyclic) bond motifs is 1. The minimum atomic E-state index is -0.573. The molecular weight excluding hydrogens is 448 g/mol. The summed E-state index contributed by atoms with van der Waals surface area (Å²) in [5, 5.41) is 14.7. The Morgan fingerprint density at radius 3 is 2.56 bits per heavy atom. The molecular formula is C26H34N4O3S. The zero-order valence-corrected chi connectivity index (χ0v) is 21.0. The largest absolute Gasteiger partial charge is 0.491 e. The highest BCUT2D eigenvalue weighted by atomic mass is 32.1. The lowest BCUT2D eigenvalue weighted by atomic mass is 10.1. The van der Waals surface area contributed by atoms with Crippen LogP contribution < -0.4 is 10.1 Å². The third-order valence-corrected chi connectivity index (χ3v) is 7.38. The van der Waals surface area contributed by atoms with E-state index in [0.717, 1.165) is 70.4 Å². The fourth-order valence-electron chi connectivity index (χ4n) is 4.26. The number of ether oxygens (including phenoxy) is 1. The number of carbonyl (C=O) groups excluding carboxylic acids is 1. The molecule has 1 fully saturated rings. The molecule has 8 heteroatoms. The quantitative estimate of drug-likeness (QED) is 0.486. The molecule has 1 aliphatic heterocycles. The third-order valence-electron chi connectivity index (χ3n) is 6.19. The van der Waals surface area contributed by atoms with Crippen molar-refractivity contribution in [3.63, 3.8) is 0 Å². The molecule has 0 saturated carbocycles. The smallest absolute Gasteiger partial charge is 0.238 e. The molecule has 2 heterocycles. The zero-order chi connectivity index (χ0) is 24.1. The summed E-state index contributed by atoms with van der Waals surface area (Å²) < 4.78 is 6.99. The van der Waals surface area contributed by atoms with Crippen LogP contribution in [0.25, 0.3) is 10.2 Å². The Morgan fingerprint density at radius 1 is 1.15 bits per heavy atom. The molecule has 34 heavy (non-hydrogen) atoms. The van der Waals surface area contributed by atoms with Crippen molar-refractivity contribution in [1.82, 2.24) is 14.8 Å². The second-order valence-corrected chi connectivity index (χ2v) is 10.1. The highest BCUT2D eigenvalue weighted by Crippen LogP contribution is 2.26. The second-order valence-electron chi connectivity index (χ2n) is 8.95. The Kier molecular flexibility index (Phi) is 8.15. The Balaban J connectivity index is 1.18. The number of β-amino-alcohol motifs (C(OH)–C–C–N with tert-alkyl or cyclic N) is 1. The predicted octanol–water partition coefficient (Wildman–Crippen LogP) is 3.47. The van der Waals surface area contributed by atoms with Crippen molar-refractivity contribution in [2.75, 3.05) is 51.2 Å². The van der Waals surface area contributed by atoms with Crippen LogP contribution in [0.4, 0.5) is 5.69 Å². The topological polar surface area (TPSA) is 77.9 Å². The average Bonchev–Trinajstić information content (AvgIpc) is 3.24. The Hall–Kier alpha value is -2.52. The summed E-state index contributed by atoms with van der Waals surface area (Å²) in [5.74, 6) is 0.752. The molecule has 2 N–H and O–H groups in total. The number of rotatable bonds is 9. The van der Waals surface area contributed by atoms with Crippen molar-refractivity contribution in [3.8, 4) is 5.75 Å². The van der Waals surface area contributed by atoms with E-state index in [1.165, 1.54) is 0 Å². The van der Waals surface area contributed by atoms with Crippen molar-refractivity contribution in [2.45, 2.75) is 33.3 Å². The van der Waals surface area contributed by atoms with E-state index in [-0.39, 0.29) is 12.5 Å². The lowest BCUT2D eigenvalue weighted by Gasteiger charge is -2.35. The summed E-state index contributed by atoms with van der Waals surface area (Å²) in [4.78, 5) is 21.5. The molecule has 4 rings (SSSR count). The number of nitrogens with one attached hydrogen (secondary N) is 1. The van der Waals surface area contributed by atoms with Crippen molar-refractivity contribution in [3.05, 3.63) is 52.5 Å². The second kappa shape index (κ2) is 11.3. The van der Waals surface area contributed by atoms with E-state index in [1.807, 2.05) is 50.2 Å². The van der Waals surface area contributed by atoms with Crippen LogP contribution in [0.3, 0.4) is 0 Å². The van der Waals surface area contributed by atoms with Crippen LogP contribution in [0.2, 0.25) is 0 Å². The first kappa shape index (κ1) is 24.6. The van der Waals surface area contributed by atoms with Gasteiger partial charge in [0.15, 0.2) is 0 Å². The molecule has 1 amide bonds. The van der Waals surface area contributed by atoms with Gasteiger partial charge in [-0.25, -0.2) is 4.98 Å². The first-order valence-corrected chi connectivity index (χ1v) is 12.7. The molecule has 182 valence electrons. The highest BCUT2D eigenvalue weighted by Gasteiger charge is 2.21. The van der Waals surface area contributed by atoms with E-state index in [9.17, 15) is 9.90 Å². The van der Waals surface area contributed by atoms with E-state index in [2.05, 4.69) is 27.0 Å². The van der Waals surface area contributed by atoms with Gasteiger partial charge >= 0.3 is 0 Å². The van der Waals surface area contributed by atoms with E-state index >= 15 is 0 Å². The Labute approximate surface area is 205 Å². The Bertz CT molecular complexity index is 1100. The van der Waals surface area contributed by atoms with Crippen molar-refractivity contribution in [1.29, 1.82) is 0 Å². The van der Waals surface area contributed by atoms with Gasteiger partial charge in [0.05, 0.1) is 21.8 Å². The molecule has 1 aliphatic rings. The zero-order valence-electron chi connectivity index (χ0n) is 20.2. The van der Waals surface area contributed by atoms with Gasteiger partial charge < -0.3 is 15.2 Å². The van der Waals surface area contributed by atoms with Crippen molar-refractivity contribution < 1.29 is 14.6 Å². The number of benzene rings is 2. The van der Waals surface area contributed by atoms with Gasteiger partial charge in [0.25, 0.3) is 0 Å². The van der Waals surface area contributed by atoms with Gasteiger partial charge in [-0.2, -0.15) is 0 Å². The van der Waals surface area contributed by atoms with Gasteiger partial charge in [-0.15, -0.1) is 11.3 Å². The van der Waals surface area contributed by atoms with E-state index < -0.39 is 6.10 Å². The summed E-state index contributed by atoms with van der Waals surface area (Å²) in [5.41, 5.74) is 4.01. The lowest BCUT2D eigenvalue weighted by Crippen LogP contribution is -2.50. The van der Waals surface area contributed by atoms with Gasteiger partial charge in [0.1, 0.15) is 18.5 Å². The molecule has 0 radical (unpaired) electrons. The first-order chi connectivity index (χ1) is 16.4. The third kappa shape index (κ3) is 6.33. The van der Waals surface area contributed by atoms with Gasteiger partial charge in [-0.05, 0) is 43.5 Å². The molecule has 0 spiro atoms. The van der Waals surface area contributed by atoms with Gasteiger partial charge in [-0.1, -0.05) is 25.1 Å². The lowest BCUT2D eigenvalue weighted by molar-refractivity contribution is -0.117. The van der Waals surface area contributed by atoms with Gasteiger partial charge in [0.2, 0.25) is 5.91 Å². The van der Waals surface area contributed by atoms with Crippen molar-refractivity contribution in [2.24, 2.45) is 0 Å². The predicted molar refractivity (Wildman–Crippen MR) is 138 cm³/mol. The van der Waals surface area contributed by atoms with E-state index in [1.54, 1.807) is 11.3 Å². The van der Waals surface area contributed by atoms with Crippen LogP contribution >= 0.6 is 11.3 Å². The first-order valence-electron chi connectivity index (χ1n) is 11.9. The summed E-state index contributed by atoms with van der Waals surface area (Å²) in [6.45, 7) is 10.5. The maximum atomic E-state index is 12.5. The molecule has 1 aromatic heterocycles. The fourth-order valence-corrected chi connectivity index (χ4v) is 5.15. The number of hydrogen-bond acceptors (Lipinski definition) is 7. The van der Waals surface area contributed by atoms with Crippen LogP contribution in [-0.4, -0.2) is 77.8 Å². The molecule has 2 aromatic carbocycles. The van der Waals surface area contributed by atoms with Gasteiger partial charge in [0, 0.05) is 44.5 Å². The number of hydrogen-bond donors (Lipinski definition) is 2. The Morgan fingerprint density at radius 2 is 1.85 bits per heavy atom. The number of thiazole rings is 1. The SMILES string of the molecule is CCc1nc2cc(OCC(O)CN3CCN(CC(=O)Nc4c(C)cccc4C)CC3)ccc2s1. The number of para-hydroxylation sites is 1. The molecule has 1 saturated heterocycles. The number of aryl methyl sites for hydroxylation is 3. The standard InChI is InChI=1S/C26H34N4O3S/c1-4-25-27-22-14-21(8-9-23(22)34-25)33-17-20(31)15-29-10-12-30(13-11-29)16-24(32)28-26-18(2)6-5-7-19(26)3/h5-9,14,20,31H,4,10-13,15-17H2,1-3H3,(H,28,32). The summed E-state index contributed by atoms with van der Waals surface area (Å²) in [7, 11) is 0. The number of aromatic nitrogens is 1. The van der Waals surface area contributed by atoms with Crippen LogP contribution in [-0.2, 0) is 11.2 Å². The molecule has 7 nitrogen and oxygen atoms in total. The van der Waals surface area contributed by atoms with Crippen LogP contribution in [0.5, 0.6) is 5.75 Å². The number of anilines is 1.